The third-order valence-electron chi connectivity index (χ3n) is 2.81. The van der Waals surface area contributed by atoms with Crippen LogP contribution in [0.3, 0.4) is 0 Å². The van der Waals surface area contributed by atoms with Crippen LogP contribution in [0.2, 0.25) is 5.02 Å². The zero-order chi connectivity index (χ0) is 13.1. The number of anilines is 1. The molecule has 2 rings (SSSR count). The van der Waals surface area contributed by atoms with E-state index in [1.807, 2.05) is 17.9 Å². The summed E-state index contributed by atoms with van der Waals surface area (Å²) < 4.78 is 5.68. The van der Waals surface area contributed by atoms with Gasteiger partial charge in [-0.25, -0.2) is 0 Å². The summed E-state index contributed by atoms with van der Waals surface area (Å²) in [6.45, 7) is 5.31. The van der Waals surface area contributed by atoms with Crippen molar-refractivity contribution >= 4 is 28.7 Å². The van der Waals surface area contributed by atoms with Crippen LogP contribution in [-0.4, -0.2) is 29.3 Å². The topological polar surface area (TPSA) is 49.5 Å². The number of fused-ring (bicyclic) bond motifs is 1. The van der Waals surface area contributed by atoms with Crippen LogP contribution >= 0.6 is 11.6 Å². The molecular formula is C13H17ClN2O2. The van der Waals surface area contributed by atoms with Crippen molar-refractivity contribution in [2.45, 2.75) is 26.4 Å². The maximum Gasteiger partial charge on any atom is 0.298 e. The van der Waals surface area contributed by atoms with Crippen LogP contribution < -0.4 is 4.90 Å². The van der Waals surface area contributed by atoms with Crippen molar-refractivity contribution in [1.29, 1.82) is 0 Å². The summed E-state index contributed by atoms with van der Waals surface area (Å²) in [7, 11) is 0. The zero-order valence-electron chi connectivity index (χ0n) is 10.6. The van der Waals surface area contributed by atoms with Crippen molar-refractivity contribution in [3.63, 3.8) is 0 Å². The molecule has 98 valence electrons. The van der Waals surface area contributed by atoms with Gasteiger partial charge in [-0.05, 0) is 38.5 Å². The van der Waals surface area contributed by atoms with Gasteiger partial charge in [0.15, 0.2) is 5.58 Å². The van der Waals surface area contributed by atoms with E-state index in [-0.39, 0.29) is 6.10 Å². The number of aromatic nitrogens is 1. The molecule has 1 aromatic heterocycles. The lowest BCUT2D eigenvalue weighted by Crippen LogP contribution is -2.26. The minimum Gasteiger partial charge on any atom is -0.423 e. The van der Waals surface area contributed by atoms with Gasteiger partial charge in [-0.15, -0.1) is 0 Å². The highest BCUT2D eigenvalue weighted by molar-refractivity contribution is 6.31. The summed E-state index contributed by atoms with van der Waals surface area (Å²) in [5, 5.41) is 9.97. The van der Waals surface area contributed by atoms with E-state index in [1.165, 1.54) is 0 Å². The molecule has 0 aliphatic heterocycles. The van der Waals surface area contributed by atoms with Gasteiger partial charge < -0.3 is 14.4 Å². The Balaban J connectivity index is 2.22. The number of hydrogen-bond acceptors (Lipinski definition) is 4. The van der Waals surface area contributed by atoms with Crippen LogP contribution in [0.5, 0.6) is 0 Å². The summed E-state index contributed by atoms with van der Waals surface area (Å²) in [6.07, 6.45) is 0.366. The molecule has 1 heterocycles. The van der Waals surface area contributed by atoms with Crippen LogP contribution in [0.4, 0.5) is 6.01 Å². The number of aliphatic hydroxyl groups is 1. The van der Waals surface area contributed by atoms with Crippen molar-refractivity contribution in [3.8, 4) is 0 Å². The lowest BCUT2D eigenvalue weighted by atomic mass is 10.3. The number of nitrogens with zero attached hydrogens (tertiary/aromatic N) is 2. The number of benzene rings is 1. The lowest BCUT2D eigenvalue weighted by molar-refractivity contribution is 0.186. The summed E-state index contributed by atoms with van der Waals surface area (Å²) in [6, 6.07) is 5.96. The molecule has 0 aliphatic rings. The molecule has 1 atom stereocenters. The Morgan fingerprint density at radius 1 is 1.50 bits per heavy atom. The first kappa shape index (κ1) is 13.2. The highest BCUT2D eigenvalue weighted by Crippen LogP contribution is 2.24. The fourth-order valence-corrected chi connectivity index (χ4v) is 1.92. The van der Waals surface area contributed by atoms with Crippen molar-refractivity contribution < 1.29 is 9.52 Å². The molecule has 1 N–H and O–H groups in total. The second-order valence-corrected chi connectivity index (χ2v) is 4.76. The molecule has 1 unspecified atom stereocenters. The maximum atomic E-state index is 9.32. The lowest BCUT2D eigenvalue weighted by Gasteiger charge is -2.18. The first-order valence-corrected chi connectivity index (χ1v) is 6.47. The molecule has 0 radical (unpaired) electrons. The predicted molar refractivity (Wildman–Crippen MR) is 73.2 cm³/mol. The van der Waals surface area contributed by atoms with Crippen molar-refractivity contribution in [2.24, 2.45) is 0 Å². The highest BCUT2D eigenvalue weighted by Gasteiger charge is 2.13. The number of rotatable bonds is 5. The van der Waals surface area contributed by atoms with Crippen LogP contribution in [0.1, 0.15) is 20.3 Å². The molecule has 0 bridgehead atoms. The van der Waals surface area contributed by atoms with E-state index in [0.717, 1.165) is 17.6 Å². The Kier molecular flexibility index (Phi) is 4.09. The van der Waals surface area contributed by atoms with Gasteiger partial charge in [0, 0.05) is 18.1 Å². The maximum absolute atomic E-state index is 9.32. The van der Waals surface area contributed by atoms with Crippen molar-refractivity contribution in [3.05, 3.63) is 23.2 Å². The van der Waals surface area contributed by atoms with E-state index in [0.29, 0.717) is 24.0 Å². The summed E-state index contributed by atoms with van der Waals surface area (Å²) >= 11 is 5.92. The quantitative estimate of drug-likeness (QED) is 0.905. The molecule has 0 saturated heterocycles. The molecular weight excluding hydrogens is 252 g/mol. The molecule has 18 heavy (non-hydrogen) atoms. The normalized spacial score (nSPS) is 12.9. The van der Waals surface area contributed by atoms with E-state index >= 15 is 0 Å². The van der Waals surface area contributed by atoms with E-state index in [9.17, 15) is 5.11 Å². The number of oxazole rings is 1. The average Bonchev–Trinajstić information content (AvgIpc) is 2.72. The summed E-state index contributed by atoms with van der Waals surface area (Å²) in [5.74, 6) is 0. The van der Waals surface area contributed by atoms with Crippen LogP contribution in [0.15, 0.2) is 22.6 Å². The third-order valence-corrected chi connectivity index (χ3v) is 3.04. The second-order valence-electron chi connectivity index (χ2n) is 4.33. The van der Waals surface area contributed by atoms with Gasteiger partial charge in [0.05, 0.1) is 6.10 Å². The number of hydrogen-bond donors (Lipinski definition) is 1. The summed E-state index contributed by atoms with van der Waals surface area (Å²) in [5.41, 5.74) is 1.48. The summed E-state index contributed by atoms with van der Waals surface area (Å²) in [4.78, 5) is 6.42. The van der Waals surface area contributed by atoms with Gasteiger partial charge in [0.2, 0.25) is 0 Å². The Morgan fingerprint density at radius 2 is 2.28 bits per heavy atom. The molecule has 2 aromatic rings. The number of aliphatic hydroxyl groups excluding tert-OH is 1. The first-order valence-electron chi connectivity index (χ1n) is 6.09. The van der Waals surface area contributed by atoms with Gasteiger partial charge >= 0.3 is 0 Å². The van der Waals surface area contributed by atoms with Crippen molar-refractivity contribution in [2.75, 3.05) is 18.0 Å². The van der Waals surface area contributed by atoms with E-state index in [2.05, 4.69) is 4.98 Å². The zero-order valence-corrected chi connectivity index (χ0v) is 11.3. The van der Waals surface area contributed by atoms with E-state index in [4.69, 9.17) is 16.0 Å². The minimum absolute atomic E-state index is 0.321. The molecule has 0 saturated carbocycles. The molecule has 0 aliphatic carbocycles. The minimum atomic E-state index is -0.321. The average molecular weight is 269 g/mol. The highest BCUT2D eigenvalue weighted by atomic mass is 35.5. The molecule has 1 aromatic carbocycles. The van der Waals surface area contributed by atoms with Crippen LogP contribution in [0.25, 0.3) is 11.1 Å². The second kappa shape index (κ2) is 5.59. The fraction of sp³-hybridized carbons (Fsp3) is 0.462. The van der Waals surface area contributed by atoms with Gasteiger partial charge in [-0.2, -0.15) is 4.98 Å². The molecule has 0 fully saturated rings. The Hall–Kier alpha value is -1.26. The molecule has 0 amide bonds. The first-order chi connectivity index (χ1) is 8.60. The van der Waals surface area contributed by atoms with E-state index < -0.39 is 0 Å². The Morgan fingerprint density at radius 3 is 2.94 bits per heavy atom. The molecule has 5 heteroatoms. The standard InChI is InChI=1S/C13H17ClN2O2/c1-3-16(7-6-9(2)17)13-15-11-8-10(14)4-5-12(11)18-13/h4-5,8-9,17H,3,6-7H2,1-2H3. The largest absolute Gasteiger partial charge is 0.423 e. The Labute approximate surface area is 111 Å². The van der Waals surface area contributed by atoms with Gasteiger partial charge in [-0.1, -0.05) is 11.6 Å². The SMILES string of the molecule is CCN(CCC(C)O)c1nc2cc(Cl)ccc2o1. The third kappa shape index (κ3) is 2.94. The molecule has 4 nitrogen and oxygen atoms in total. The number of halogens is 1. The van der Waals surface area contributed by atoms with Crippen molar-refractivity contribution in [1.82, 2.24) is 4.98 Å². The fourth-order valence-electron chi connectivity index (χ4n) is 1.76. The van der Waals surface area contributed by atoms with Gasteiger partial charge in [0.25, 0.3) is 6.01 Å². The predicted octanol–water partition coefficient (Wildman–Crippen LogP) is 3.08. The monoisotopic (exact) mass is 268 g/mol. The molecule has 0 spiro atoms. The van der Waals surface area contributed by atoms with E-state index in [1.54, 1.807) is 19.1 Å². The Bertz CT molecular complexity index is 525. The van der Waals surface area contributed by atoms with Gasteiger partial charge in [0.1, 0.15) is 5.52 Å². The smallest absolute Gasteiger partial charge is 0.298 e. The van der Waals surface area contributed by atoms with Crippen LogP contribution in [-0.2, 0) is 0 Å². The van der Waals surface area contributed by atoms with Gasteiger partial charge in [-0.3, -0.25) is 0 Å². The van der Waals surface area contributed by atoms with Crippen LogP contribution in [0, 0.1) is 0 Å².